The molecule has 8 nitrogen and oxygen atoms in total. The van der Waals surface area contributed by atoms with Crippen molar-refractivity contribution >= 4 is 17.7 Å². The van der Waals surface area contributed by atoms with Crippen molar-refractivity contribution in [1.82, 2.24) is 0 Å². The van der Waals surface area contributed by atoms with Crippen LogP contribution in [0.15, 0.2) is 18.2 Å². The van der Waals surface area contributed by atoms with Gasteiger partial charge in [0.2, 0.25) is 0 Å². The van der Waals surface area contributed by atoms with Crippen molar-refractivity contribution in [2.24, 2.45) is 5.73 Å². The third-order valence-electron chi connectivity index (χ3n) is 3.66. The molecule has 0 saturated heterocycles. The maximum absolute atomic E-state index is 11.8. The van der Waals surface area contributed by atoms with E-state index in [0.29, 0.717) is 18.8 Å². The van der Waals surface area contributed by atoms with Gasteiger partial charge in [-0.05, 0) is 31.0 Å². The van der Waals surface area contributed by atoms with Gasteiger partial charge in [-0.1, -0.05) is 26.7 Å². The van der Waals surface area contributed by atoms with Gasteiger partial charge in [-0.3, -0.25) is 4.79 Å². The molecule has 0 amide bonds. The SMILES string of the molecule is CCCCOC(=O)COc1ccc(C(=O)CN)cc1OCC(=O)OCCCC. The van der Waals surface area contributed by atoms with Crippen LogP contribution in [0.3, 0.4) is 0 Å². The summed E-state index contributed by atoms with van der Waals surface area (Å²) in [6.45, 7) is 3.80. The highest BCUT2D eigenvalue weighted by Gasteiger charge is 2.14. The van der Waals surface area contributed by atoms with E-state index in [9.17, 15) is 14.4 Å². The number of Topliss-reactive ketones (excluding diaryl/α,β-unsaturated/α-hetero) is 1. The van der Waals surface area contributed by atoms with Crippen LogP contribution in [0.25, 0.3) is 0 Å². The van der Waals surface area contributed by atoms with Gasteiger partial charge in [0.1, 0.15) is 0 Å². The van der Waals surface area contributed by atoms with E-state index in [1.54, 1.807) is 0 Å². The molecule has 0 radical (unpaired) electrons. The summed E-state index contributed by atoms with van der Waals surface area (Å²) in [5, 5.41) is 0. The number of carbonyl (C=O) groups is 3. The topological polar surface area (TPSA) is 114 Å². The van der Waals surface area contributed by atoms with E-state index in [2.05, 4.69) is 0 Å². The van der Waals surface area contributed by atoms with Gasteiger partial charge < -0.3 is 24.7 Å². The summed E-state index contributed by atoms with van der Waals surface area (Å²) in [7, 11) is 0. The fourth-order valence-corrected chi connectivity index (χ4v) is 2.05. The summed E-state index contributed by atoms with van der Waals surface area (Å²) in [5.74, 6) is -0.981. The molecule has 0 aliphatic carbocycles. The number of unbranched alkanes of at least 4 members (excludes halogenated alkanes) is 2. The molecule has 0 aliphatic rings. The summed E-state index contributed by atoms with van der Waals surface area (Å²) < 4.78 is 20.9. The second-order valence-electron chi connectivity index (χ2n) is 6.01. The molecule has 0 aliphatic heterocycles. The summed E-state index contributed by atoms with van der Waals surface area (Å²) in [5.41, 5.74) is 5.70. The van der Waals surface area contributed by atoms with E-state index in [4.69, 9.17) is 24.7 Å². The van der Waals surface area contributed by atoms with Gasteiger partial charge in [0, 0.05) is 5.56 Å². The first-order chi connectivity index (χ1) is 13.5. The molecule has 0 fully saturated rings. The lowest BCUT2D eigenvalue weighted by Gasteiger charge is -2.13. The lowest BCUT2D eigenvalue weighted by Crippen LogP contribution is -2.18. The maximum Gasteiger partial charge on any atom is 0.344 e. The number of ether oxygens (including phenoxy) is 4. The van der Waals surface area contributed by atoms with Crippen LogP contribution in [-0.2, 0) is 19.1 Å². The zero-order chi connectivity index (χ0) is 20.8. The van der Waals surface area contributed by atoms with Crippen LogP contribution in [0.1, 0.15) is 49.9 Å². The molecule has 0 bridgehead atoms. The molecule has 0 saturated carbocycles. The predicted molar refractivity (Wildman–Crippen MR) is 103 cm³/mol. The van der Waals surface area contributed by atoms with Crippen molar-refractivity contribution in [3.63, 3.8) is 0 Å². The minimum atomic E-state index is -0.533. The number of hydrogen-bond acceptors (Lipinski definition) is 8. The number of carbonyl (C=O) groups excluding carboxylic acids is 3. The van der Waals surface area contributed by atoms with Gasteiger partial charge in [0.25, 0.3) is 0 Å². The van der Waals surface area contributed by atoms with E-state index >= 15 is 0 Å². The summed E-state index contributed by atoms with van der Waals surface area (Å²) >= 11 is 0. The Morgan fingerprint density at radius 2 is 1.39 bits per heavy atom. The predicted octanol–water partition coefficient (Wildman–Crippen LogP) is 2.27. The molecule has 0 spiro atoms. The van der Waals surface area contributed by atoms with Gasteiger partial charge in [-0.25, -0.2) is 9.59 Å². The van der Waals surface area contributed by atoms with E-state index < -0.39 is 11.9 Å². The lowest BCUT2D eigenvalue weighted by molar-refractivity contribution is -0.147. The summed E-state index contributed by atoms with van der Waals surface area (Å²) in [6.07, 6.45) is 3.36. The van der Waals surface area contributed by atoms with Crippen LogP contribution >= 0.6 is 0 Å². The first-order valence-electron chi connectivity index (χ1n) is 9.45. The average molecular weight is 395 g/mol. The molecule has 1 aromatic carbocycles. The summed E-state index contributed by atoms with van der Waals surface area (Å²) in [6, 6.07) is 4.42. The molecule has 0 aromatic heterocycles. The molecule has 2 N–H and O–H groups in total. The van der Waals surface area contributed by atoms with Crippen LogP contribution in [0.4, 0.5) is 0 Å². The lowest BCUT2D eigenvalue weighted by atomic mass is 10.1. The molecule has 0 heterocycles. The number of hydrogen-bond donors (Lipinski definition) is 1. The van der Waals surface area contributed by atoms with Gasteiger partial charge in [-0.15, -0.1) is 0 Å². The molecule has 156 valence electrons. The smallest absolute Gasteiger partial charge is 0.344 e. The van der Waals surface area contributed by atoms with Crippen LogP contribution in [0.2, 0.25) is 0 Å². The quantitative estimate of drug-likeness (QED) is 0.290. The van der Waals surface area contributed by atoms with Crippen LogP contribution in [-0.4, -0.2) is 50.7 Å². The van der Waals surface area contributed by atoms with E-state index in [1.165, 1.54) is 18.2 Å². The molecule has 1 rings (SSSR count). The Bertz CT molecular complexity index is 645. The molecular formula is C20H29NO7. The Morgan fingerprint density at radius 1 is 0.857 bits per heavy atom. The number of nitrogens with two attached hydrogens (primary N) is 1. The highest BCUT2D eigenvalue weighted by molar-refractivity contribution is 5.98. The molecule has 8 heteroatoms. The van der Waals surface area contributed by atoms with Gasteiger partial charge >= 0.3 is 11.9 Å². The monoisotopic (exact) mass is 395 g/mol. The Hall–Kier alpha value is -2.61. The second kappa shape index (κ2) is 13.5. The van der Waals surface area contributed by atoms with Crippen molar-refractivity contribution in [1.29, 1.82) is 0 Å². The van der Waals surface area contributed by atoms with Gasteiger partial charge in [0.05, 0.1) is 19.8 Å². The zero-order valence-corrected chi connectivity index (χ0v) is 16.5. The average Bonchev–Trinajstić information content (AvgIpc) is 2.70. The third kappa shape index (κ3) is 8.85. The number of ketones is 1. The minimum Gasteiger partial charge on any atom is -0.478 e. The maximum atomic E-state index is 11.8. The number of benzene rings is 1. The normalized spacial score (nSPS) is 10.2. The van der Waals surface area contributed by atoms with Gasteiger partial charge in [0.15, 0.2) is 30.5 Å². The Kier molecular flexibility index (Phi) is 11.3. The fourth-order valence-electron chi connectivity index (χ4n) is 2.05. The van der Waals surface area contributed by atoms with Gasteiger partial charge in [-0.2, -0.15) is 0 Å². The molecule has 1 aromatic rings. The van der Waals surface area contributed by atoms with Crippen LogP contribution in [0, 0.1) is 0 Å². The van der Waals surface area contributed by atoms with Crippen LogP contribution < -0.4 is 15.2 Å². The van der Waals surface area contributed by atoms with Crippen molar-refractivity contribution in [3.8, 4) is 11.5 Å². The first-order valence-corrected chi connectivity index (χ1v) is 9.45. The number of esters is 2. The Labute approximate surface area is 165 Å². The standard InChI is InChI=1S/C20H29NO7/c1-3-5-9-25-19(23)13-27-17-8-7-15(16(22)12-21)11-18(17)28-14-20(24)26-10-6-4-2/h7-8,11H,3-6,9-10,12-14,21H2,1-2H3. The number of rotatable bonds is 14. The van der Waals surface area contributed by atoms with E-state index in [-0.39, 0.29) is 37.0 Å². The third-order valence-corrected chi connectivity index (χ3v) is 3.66. The van der Waals surface area contributed by atoms with Crippen LogP contribution in [0.5, 0.6) is 11.5 Å². The fraction of sp³-hybridized carbons (Fsp3) is 0.550. The van der Waals surface area contributed by atoms with Crippen molar-refractivity contribution in [3.05, 3.63) is 23.8 Å². The molecule has 28 heavy (non-hydrogen) atoms. The zero-order valence-electron chi connectivity index (χ0n) is 16.5. The van der Waals surface area contributed by atoms with Crippen molar-refractivity contribution in [2.75, 3.05) is 33.0 Å². The van der Waals surface area contributed by atoms with Crippen molar-refractivity contribution < 1.29 is 33.3 Å². The Morgan fingerprint density at radius 3 is 1.89 bits per heavy atom. The first kappa shape index (κ1) is 23.4. The van der Waals surface area contributed by atoms with E-state index in [1.807, 2.05) is 13.8 Å². The largest absolute Gasteiger partial charge is 0.478 e. The second-order valence-corrected chi connectivity index (χ2v) is 6.01. The summed E-state index contributed by atoms with van der Waals surface area (Å²) in [4.78, 5) is 35.3. The molecule has 0 unspecified atom stereocenters. The highest BCUT2D eigenvalue weighted by atomic mass is 16.6. The Balaban J connectivity index is 2.74. The highest BCUT2D eigenvalue weighted by Crippen LogP contribution is 2.28. The molecular weight excluding hydrogens is 366 g/mol. The van der Waals surface area contributed by atoms with E-state index in [0.717, 1.165) is 25.7 Å². The van der Waals surface area contributed by atoms with Crippen molar-refractivity contribution in [2.45, 2.75) is 39.5 Å². The molecule has 0 atom stereocenters. The minimum absolute atomic E-state index is 0.146.